The molecule has 3 nitrogen and oxygen atoms in total. The summed E-state index contributed by atoms with van der Waals surface area (Å²) >= 11 is 0. The maximum absolute atomic E-state index is 11.6. The molecule has 1 N–H and O–H groups in total. The fourth-order valence-electron chi connectivity index (χ4n) is 1.66. The first-order valence-corrected chi connectivity index (χ1v) is 5.03. The number of likely N-dealkylation sites (tertiary alicyclic amines) is 1. The Bertz CT molecular complexity index is 176. The summed E-state index contributed by atoms with van der Waals surface area (Å²) in [6.45, 7) is 4.73. The van der Waals surface area contributed by atoms with Gasteiger partial charge in [-0.15, -0.1) is 0 Å². The number of carbonyl (C=O) groups excluding carboxylic acids is 1. The van der Waals surface area contributed by atoms with Gasteiger partial charge in [0.1, 0.15) is 5.60 Å². The lowest BCUT2D eigenvalue weighted by atomic mass is 10.1. The molecule has 0 radical (unpaired) electrons. The Morgan fingerprint density at radius 3 is 2.00 bits per heavy atom. The second-order valence-corrected chi connectivity index (χ2v) is 4.27. The van der Waals surface area contributed by atoms with Crippen molar-refractivity contribution in [2.75, 3.05) is 13.1 Å². The Morgan fingerprint density at radius 1 is 1.15 bits per heavy atom. The minimum atomic E-state index is -1.20. The molecule has 0 spiro atoms. The molecule has 13 heavy (non-hydrogen) atoms. The summed E-state index contributed by atoms with van der Waals surface area (Å²) in [7, 11) is 0. The van der Waals surface area contributed by atoms with Crippen molar-refractivity contribution < 1.29 is 9.90 Å². The Balaban J connectivity index is 2.54. The van der Waals surface area contributed by atoms with Crippen LogP contribution in [0.3, 0.4) is 0 Å². The largest absolute Gasteiger partial charge is 0.381 e. The normalized spacial score (nSPS) is 19.8. The van der Waals surface area contributed by atoms with Crippen LogP contribution in [0.15, 0.2) is 0 Å². The van der Waals surface area contributed by atoms with Crippen LogP contribution < -0.4 is 0 Å². The Hall–Kier alpha value is -0.570. The third-order valence-electron chi connectivity index (χ3n) is 2.42. The molecule has 1 saturated heterocycles. The molecule has 0 unspecified atom stereocenters. The van der Waals surface area contributed by atoms with Crippen LogP contribution in [0.1, 0.15) is 39.5 Å². The highest BCUT2D eigenvalue weighted by Crippen LogP contribution is 2.14. The standard InChI is InChI=1S/C10H19NO2/c1-10(2,13)9(12)11-7-5-3-4-6-8-11/h13H,3-8H2,1-2H3. The predicted molar refractivity (Wildman–Crippen MR) is 51.3 cm³/mol. The molecule has 1 rings (SSSR count). The maximum atomic E-state index is 11.6. The number of nitrogens with zero attached hydrogens (tertiary/aromatic N) is 1. The van der Waals surface area contributed by atoms with Crippen molar-refractivity contribution in [3.63, 3.8) is 0 Å². The van der Waals surface area contributed by atoms with E-state index in [1.807, 2.05) is 0 Å². The quantitative estimate of drug-likeness (QED) is 0.666. The van der Waals surface area contributed by atoms with Crippen LogP contribution >= 0.6 is 0 Å². The summed E-state index contributed by atoms with van der Waals surface area (Å²) in [4.78, 5) is 13.4. The van der Waals surface area contributed by atoms with Crippen LogP contribution in [0.5, 0.6) is 0 Å². The molecular weight excluding hydrogens is 166 g/mol. The van der Waals surface area contributed by atoms with Crippen molar-refractivity contribution in [3.05, 3.63) is 0 Å². The van der Waals surface area contributed by atoms with E-state index >= 15 is 0 Å². The monoisotopic (exact) mass is 185 g/mol. The van der Waals surface area contributed by atoms with Gasteiger partial charge in [-0.1, -0.05) is 12.8 Å². The van der Waals surface area contributed by atoms with Gasteiger partial charge >= 0.3 is 0 Å². The molecule has 1 heterocycles. The first-order chi connectivity index (χ1) is 6.02. The average molecular weight is 185 g/mol. The van der Waals surface area contributed by atoms with Gasteiger partial charge in [0.15, 0.2) is 0 Å². The van der Waals surface area contributed by atoms with Crippen LogP contribution in [0.4, 0.5) is 0 Å². The average Bonchev–Trinajstić information content (AvgIpc) is 2.28. The first-order valence-electron chi connectivity index (χ1n) is 5.03. The zero-order chi connectivity index (χ0) is 9.90. The smallest absolute Gasteiger partial charge is 0.253 e. The zero-order valence-corrected chi connectivity index (χ0v) is 8.55. The molecule has 0 aromatic rings. The van der Waals surface area contributed by atoms with Crippen molar-refractivity contribution in [2.45, 2.75) is 45.1 Å². The highest BCUT2D eigenvalue weighted by Gasteiger charge is 2.29. The lowest BCUT2D eigenvalue weighted by Gasteiger charge is -2.27. The van der Waals surface area contributed by atoms with E-state index in [0.717, 1.165) is 25.9 Å². The van der Waals surface area contributed by atoms with Crippen LogP contribution in [-0.2, 0) is 4.79 Å². The molecule has 1 aliphatic heterocycles. The summed E-state index contributed by atoms with van der Waals surface area (Å²) in [6.07, 6.45) is 4.55. The molecule has 0 atom stereocenters. The molecule has 1 aliphatic rings. The number of rotatable bonds is 1. The highest BCUT2D eigenvalue weighted by atomic mass is 16.3. The van der Waals surface area contributed by atoms with E-state index in [1.165, 1.54) is 12.8 Å². The summed E-state index contributed by atoms with van der Waals surface area (Å²) in [5.74, 6) is -0.130. The van der Waals surface area contributed by atoms with E-state index in [2.05, 4.69) is 0 Å². The fourth-order valence-corrected chi connectivity index (χ4v) is 1.66. The Morgan fingerprint density at radius 2 is 1.62 bits per heavy atom. The SMILES string of the molecule is CC(C)(O)C(=O)N1CCCCCC1. The number of aliphatic hydroxyl groups is 1. The molecule has 3 heteroatoms. The molecular formula is C10H19NO2. The van der Waals surface area contributed by atoms with E-state index in [-0.39, 0.29) is 5.91 Å². The minimum Gasteiger partial charge on any atom is -0.381 e. The van der Waals surface area contributed by atoms with Gasteiger partial charge in [-0.25, -0.2) is 0 Å². The Kier molecular flexibility index (Phi) is 3.31. The molecule has 76 valence electrons. The molecule has 1 amide bonds. The van der Waals surface area contributed by atoms with Gasteiger partial charge in [-0.3, -0.25) is 4.79 Å². The van der Waals surface area contributed by atoms with Crippen LogP contribution in [0.25, 0.3) is 0 Å². The molecule has 0 aliphatic carbocycles. The van der Waals surface area contributed by atoms with Gasteiger partial charge in [0.25, 0.3) is 5.91 Å². The van der Waals surface area contributed by atoms with E-state index < -0.39 is 5.60 Å². The number of hydrogen-bond acceptors (Lipinski definition) is 2. The van der Waals surface area contributed by atoms with Gasteiger partial charge in [0.2, 0.25) is 0 Å². The van der Waals surface area contributed by atoms with Gasteiger partial charge in [0, 0.05) is 13.1 Å². The number of hydrogen-bond donors (Lipinski definition) is 1. The van der Waals surface area contributed by atoms with E-state index in [0.29, 0.717) is 0 Å². The topological polar surface area (TPSA) is 40.5 Å². The van der Waals surface area contributed by atoms with Crippen molar-refractivity contribution in [1.29, 1.82) is 0 Å². The van der Waals surface area contributed by atoms with Crippen LogP contribution in [-0.4, -0.2) is 34.6 Å². The van der Waals surface area contributed by atoms with Gasteiger partial charge in [-0.2, -0.15) is 0 Å². The lowest BCUT2D eigenvalue weighted by molar-refractivity contribution is -0.147. The van der Waals surface area contributed by atoms with E-state index in [9.17, 15) is 9.90 Å². The molecule has 1 fully saturated rings. The maximum Gasteiger partial charge on any atom is 0.253 e. The molecule has 0 aromatic heterocycles. The summed E-state index contributed by atoms with van der Waals surface area (Å²) in [5, 5.41) is 9.54. The molecule has 0 saturated carbocycles. The summed E-state index contributed by atoms with van der Waals surface area (Å²) in [6, 6.07) is 0. The predicted octanol–water partition coefficient (Wildman–Crippen LogP) is 1.16. The second kappa shape index (κ2) is 4.09. The number of carbonyl (C=O) groups is 1. The zero-order valence-electron chi connectivity index (χ0n) is 8.55. The van der Waals surface area contributed by atoms with E-state index in [1.54, 1.807) is 18.7 Å². The lowest BCUT2D eigenvalue weighted by Crippen LogP contribution is -2.45. The van der Waals surface area contributed by atoms with Crippen molar-refractivity contribution in [1.82, 2.24) is 4.90 Å². The van der Waals surface area contributed by atoms with Gasteiger partial charge in [0.05, 0.1) is 0 Å². The fraction of sp³-hybridized carbons (Fsp3) is 0.900. The Labute approximate surface area is 79.7 Å². The third kappa shape index (κ3) is 2.99. The highest BCUT2D eigenvalue weighted by molar-refractivity contribution is 5.84. The van der Waals surface area contributed by atoms with E-state index in [4.69, 9.17) is 0 Å². The first kappa shape index (κ1) is 10.5. The minimum absolute atomic E-state index is 0.130. The van der Waals surface area contributed by atoms with Crippen molar-refractivity contribution in [3.8, 4) is 0 Å². The summed E-state index contributed by atoms with van der Waals surface area (Å²) < 4.78 is 0. The number of amides is 1. The van der Waals surface area contributed by atoms with Crippen LogP contribution in [0.2, 0.25) is 0 Å². The third-order valence-corrected chi connectivity index (χ3v) is 2.42. The second-order valence-electron chi connectivity index (χ2n) is 4.27. The summed E-state index contributed by atoms with van der Waals surface area (Å²) in [5.41, 5.74) is -1.20. The van der Waals surface area contributed by atoms with Crippen molar-refractivity contribution >= 4 is 5.91 Å². The van der Waals surface area contributed by atoms with Crippen molar-refractivity contribution in [2.24, 2.45) is 0 Å². The van der Waals surface area contributed by atoms with Crippen LogP contribution in [0, 0.1) is 0 Å². The van der Waals surface area contributed by atoms with Gasteiger partial charge < -0.3 is 10.0 Å². The molecule has 0 aromatic carbocycles. The molecule has 0 bridgehead atoms. The van der Waals surface area contributed by atoms with Gasteiger partial charge in [-0.05, 0) is 26.7 Å².